The van der Waals surface area contributed by atoms with E-state index in [0.29, 0.717) is 18.4 Å². The number of hydrogen-bond donors (Lipinski definition) is 1. The highest BCUT2D eigenvalue weighted by Crippen LogP contribution is 2.02. The summed E-state index contributed by atoms with van der Waals surface area (Å²) in [6, 6.07) is 9.91. The summed E-state index contributed by atoms with van der Waals surface area (Å²) in [4.78, 5) is 20.7. The van der Waals surface area contributed by atoms with Crippen molar-refractivity contribution in [2.24, 2.45) is 0 Å². The third kappa shape index (κ3) is 7.59. The number of nitrogens with one attached hydrogen (secondary N) is 1. The van der Waals surface area contributed by atoms with E-state index in [4.69, 9.17) is 11.6 Å². The largest absolute Gasteiger partial charge is 0.449 e. The van der Waals surface area contributed by atoms with Crippen molar-refractivity contribution in [2.75, 3.05) is 6.54 Å². The molecule has 1 fully saturated rings. The molecule has 0 aliphatic carbocycles. The Morgan fingerprint density at radius 1 is 1.42 bits per heavy atom. The number of rotatable bonds is 2. The van der Waals surface area contributed by atoms with Crippen LogP contribution in [0.15, 0.2) is 30.3 Å². The smallest absolute Gasteiger partial charge is 0.404 e. The Balaban J connectivity index is 0.000000200. The molecule has 0 spiro atoms. The summed E-state index contributed by atoms with van der Waals surface area (Å²) in [5.41, 5.74) is 0.162. The lowest BCUT2D eigenvalue weighted by atomic mass is 10.1. The van der Waals surface area contributed by atoms with Crippen molar-refractivity contribution < 1.29 is 14.3 Å². The van der Waals surface area contributed by atoms with Gasteiger partial charge in [0.2, 0.25) is 0 Å². The molecule has 1 N–H and O–H groups in total. The molecule has 1 aliphatic rings. The molecule has 4 nitrogen and oxygen atoms in total. The van der Waals surface area contributed by atoms with E-state index in [-0.39, 0.29) is 6.61 Å². The Labute approximate surface area is 118 Å². The van der Waals surface area contributed by atoms with Gasteiger partial charge in [-0.2, -0.15) is 0 Å². The van der Waals surface area contributed by atoms with E-state index >= 15 is 0 Å². The van der Waals surface area contributed by atoms with Crippen molar-refractivity contribution in [1.29, 1.82) is 0 Å². The monoisotopic (exact) mass is 283 g/mol. The van der Waals surface area contributed by atoms with Crippen molar-refractivity contribution in [3.63, 3.8) is 0 Å². The fourth-order valence-electron chi connectivity index (χ4n) is 1.57. The normalized spacial score (nSPS) is 18.2. The van der Waals surface area contributed by atoms with Gasteiger partial charge in [-0.15, -0.1) is 0 Å². The maximum atomic E-state index is 10.5. The lowest BCUT2D eigenvalue weighted by Gasteiger charge is -2.17. The summed E-state index contributed by atoms with van der Waals surface area (Å²) in [5, 5.41) is 3.08. The van der Waals surface area contributed by atoms with E-state index in [1.54, 1.807) is 0 Å². The lowest BCUT2D eigenvalue weighted by Crippen LogP contribution is -2.36. The quantitative estimate of drug-likeness (QED) is 0.848. The molecule has 104 valence electrons. The fraction of sp³-hybridized carbons (Fsp3) is 0.429. The molecular formula is C14H18ClNO3. The average Bonchev–Trinajstić information content (AvgIpc) is 2.42. The minimum Gasteiger partial charge on any atom is -0.449 e. The lowest BCUT2D eigenvalue weighted by molar-refractivity contribution is -0.119. The summed E-state index contributed by atoms with van der Waals surface area (Å²) < 4.78 is 4.55. The van der Waals surface area contributed by atoms with Crippen LogP contribution in [0.4, 0.5) is 4.79 Å². The molecule has 1 aliphatic heterocycles. The first-order valence-electron chi connectivity index (χ1n) is 6.19. The Kier molecular flexibility index (Phi) is 7.15. The zero-order valence-electron chi connectivity index (χ0n) is 10.9. The Bertz CT molecular complexity index is 398. The van der Waals surface area contributed by atoms with Crippen LogP contribution in [0, 0.1) is 0 Å². The van der Waals surface area contributed by atoms with Crippen molar-refractivity contribution in [2.45, 2.75) is 32.4 Å². The second-order valence-corrected chi connectivity index (χ2v) is 4.68. The molecule has 1 saturated heterocycles. The van der Waals surface area contributed by atoms with Crippen LogP contribution in [-0.4, -0.2) is 23.8 Å². The highest BCUT2D eigenvalue weighted by Gasteiger charge is 2.12. The van der Waals surface area contributed by atoms with Crippen LogP contribution in [0.2, 0.25) is 0 Å². The number of ether oxygens (including phenoxy) is 1. The third-order valence-electron chi connectivity index (χ3n) is 2.70. The minimum atomic E-state index is -0.770. The summed E-state index contributed by atoms with van der Waals surface area (Å²) in [5.74, 6) is 0.350. The van der Waals surface area contributed by atoms with Gasteiger partial charge in [0.05, 0.1) is 6.54 Å². The van der Waals surface area contributed by atoms with Gasteiger partial charge >= 0.3 is 5.43 Å². The molecule has 19 heavy (non-hydrogen) atoms. The van der Waals surface area contributed by atoms with Gasteiger partial charge in [-0.3, -0.25) is 4.79 Å². The first-order valence-corrected chi connectivity index (χ1v) is 6.57. The number of hydrogen-bond acceptors (Lipinski definition) is 4. The van der Waals surface area contributed by atoms with Crippen molar-refractivity contribution in [1.82, 2.24) is 5.32 Å². The molecule has 1 aromatic rings. The van der Waals surface area contributed by atoms with E-state index in [0.717, 1.165) is 18.4 Å². The number of ketones is 1. The average molecular weight is 284 g/mol. The summed E-state index contributed by atoms with van der Waals surface area (Å²) >= 11 is 4.97. The van der Waals surface area contributed by atoms with E-state index < -0.39 is 5.43 Å². The van der Waals surface area contributed by atoms with Gasteiger partial charge in [0.15, 0.2) is 0 Å². The number of carbonyl (C=O) groups is 2. The third-order valence-corrected chi connectivity index (χ3v) is 2.81. The number of Topliss-reactive ketones (excluding diaryl/α,β-unsaturated/α-hetero) is 1. The standard InChI is InChI=1S/C8H7ClO2.C6H11NO/c9-8(10)11-6-7-4-2-1-3-5-7;1-5-2-3-6(8)4-7-5/h1-5H,6H2;5,7H,2-4H2,1H3. The highest BCUT2D eigenvalue weighted by atomic mass is 35.5. The van der Waals surface area contributed by atoms with Gasteiger partial charge in [-0.1, -0.05) is 30.3 Å². The summed E-state index contributed by atoms with van der Waals surface area (Å²) in [6.45, 7) is 2.93. The van der Waals surface area contributed by atoms with E-state index in [1.807, 2.05) is 30.3 Å². The zero-order chi connectivity index (χ0) is 14.1. The maximum Gasteiger partial charge on any atom is 0.404 e. The van der Waals surface area contributed by atoms with Crippen LogP contribution in [0.1, 0.15) is 25.3 Å². The minimum absolute atomic E-state index is 0.239. The van der Waals surface area contributed by atoms with Gasteiger partial charge in [0.25, 0.3) is 0 Å². The number of piperidine rings is 1. The van der Waals surface area contributed by atoms with E-state index in [1.165, 1.54) is 0 Å². The van der Waals surface area contributed by atoms with E-state index in [2.05, 4.69) is 17.0 Å². The predicted molar refractivity (Wildman–Crippen MR) is 74.2 cm³/mol. The van der Waals surface area contributed by atoms with Gasteiger partial charge in [0, 0.05) is 24.1 Å². The Hall–Kier alpha value is -1.39. The van der Waals surface area contributed by atoms with Gasteiger partial charge in [-0.05, 0) is 18.9 Å². The van der Waals surface area contributed by atoms with E-state index in [9.17, 15) is 9.59 Å². The SMILES string of the molecule is CC1CCC(=O)CN1.O=C(Cl)OCc1ccccc1. The molecule has 1 aromatic carbocycles. The van der Waals surface area contributed by atoms with Gasteiger partial charge in [-0.25, -0.2) is 4.79 Å². The van der Waals surface area contributed by atoms with Crippen LogP contribution in [-0.2, 0) is 16.1 Å². The number of halogens is 1. The number of carbonyl (C=O) groups excluding carboxylic acids is 2. The van der Waals surface area contributed by atoms with Crippen LogP contribution < -0.4 is 5.32 Å². The Morgan fingerprint density at radius 3 is 2.58 bits per heavy atom. The fourth-order valence-corrected chi connectivity index (χ4v) is 1.62. The molecule has 0 bridgehead atoms. The van der Waals surface area contributed by atoms with Crippen molar-refractivity contribution >= 4 is 22.8 Å². The molecule has 1 unspecified atom stereocenters. The Morgan fingerprint density at radius 2 is 2.11 bits per heavy atom. The van der Waals surface area contributed by atoms with Crippen LogP contribution >= 0.6 is 11.6 Å². The molecule has 0 radical (unpaired) electrons. The second-order valence-electron chi connectivity index (χ2n) is 4.37. The topological polar surface area (TPSA) is 55.4 Å². The summed E-state index contributed by atoms with van der Waals surface area (Å²) in [7, 11) is 0. The van der Waals surface area contributed by atoms with Crippen LogP contribution in [0.5, 0.6) is 0 Å². The molecule has 5 heteroatoms. The molecule has 0 saturated carbocycles. The highest BCUT2D eigenvalue weighted by molar-refractivity contribution is 6.61. The van der Waals surface area contributed by atoms with Crippen LogP contribution in [0.3, 0.4) is 0 Å². The van der Waals surface area contributed by atoms with Gasteiger partial charge < -0.3 is 10.1 Å². The van der Waals surface area contributed by atoms with Gasteiger partial charge in [0.1, 0.15) is 12.4 Å². The molecule has 0 amide bonds. The number of benzene rings is 1. The molecule has 2 rings (SSSR count). The first-order chi connectivity index (χ1) is 9.08. The van der Waals surface area contributed by atoms with Crippen molar-refractivity contribution in [3.05, 3.63) is 35.9 Å². The predicted octanol–water partition coefficient (Wildman–Crippen LogP) is 2.89. The molecule has 1 heterocycles. The molecule has 1 atom stereocenters. The zero-order valence-corrected chi connectivity index (χ0v) is 11.7. The molecular weight excluding hydrogens is 266 g/mol. The van der Waals surface area contributed by atoms with Crippen LogP contribution in [0.25, 0.3) is 0 Å². The summed E-state index contributed by atoms with van der Waals surface area (Å²) in [6.07, 6.45) is 1.78. The molecule has 0 aromatic heterocycles. The maximum absolute atomic E-state index is 10.5. The second kappa shape index (κ2) is 8.67. The first kappa shape index (κ1) is 15.7. The van der Waals surface area contributed by atoms with Crippen molar-refractivity contribution in [3.8, 4) is 0 Å².